The van der Waals surface area contributed by atoms with E-state index in [0.717, 1.165) is 5.56 Å². The van der Waals surface area contributed by atoms with Crippen LogP contribution in [0.5, 0.6) is 11.5 Å². The van der Waals surface area contributed by atoms with Crippen LogP contribution in [0.1, 0.15) is 11.4 Å². The lowest BCUT2D eigenvalue weighted by Gasteiger charge is -2.00. The van der Waals surface area contributed by atoms with Crippen molar-refractivity contribution in [2.75, 3.05) is 0 Å². The van der Waals surface area contributed by atoms with E-state index >= 15 is 0 Å². The van der Waals surface area contributed by atoms with Crippen molar-refractivity contribution in [3.63, 3.8) is 0 Å². The molecule has 0 amide bonds. The van der Waals surface area contributed by atoms with E-state index in [1.54, 1.807) is 24.5 Å². The SMILES string of the molecule is Oc1cccc(-c2nc(Cc3cccnc3)no2)c1O. The minimum Gasteiger partial charge on any atom is -0.504 e. The smallest absolute Gasteiger partial charge is 0.261 e. The highest BCUT2D eigenvalue weighted by atomic mass is 16.5. The monoisotopic (exact) mass is 269 g/mol. The summed E-state index contributed by atoms with van der Waals surface area (Å²) in [5, 5.41) is 23.1. The summed E-state index contributed by atoms with van der Waals surface area (Å²) >= 11 is 0. The molecule has 20 heavy (non-hydrogen) atoms. The Kier molecular flexibility index (Phi) is 3.04. The lowest BCUT2D eigenvalue weighted by atomic mass is 10.2. The van der Waals surface area contributed by atoms with Crippen molar-refractivity contribution in [1.29, 1.82) is 0 Å². The van der Waals surface area contributed by atoms with Crippen LogP contribution >= 0.6 is 0 Å². The zero-order valence-electron chi connectivity index (χ0n) is 10.4. The Balaban J connectivity index is 1.89. The first-order valence-corrected chi connectivity index (χ1v) is 5.97. The molecule has 100 valence electrons. The van der Waals surface area contributed by atoms with Crippen LogP contribution in [-0.4, -0.2) is 25.3 Å². The molecule has 6 nitrogen and oxygen atoms in total. The van der Waals surface area contributed by atoms with Crippen LogP contribution in [0.2, 0.25) is 0 Å². The number of phenolic OH excluding ortho intramolecular Hbond substituents is 2. The molecular weight excluding hydrogens is 258 g/mol. The van der Waals surface area contributed by atoms with Gasteiger partial charge in [-0.3, -0.25) is 4.98 Å². The molecule has 0 aliphatic heterocycles. The lowest BCUT2D eigenvalue weighted by molar-refractivity contribution is 0.396. The second-order valence-corrected chi connectivity index (χ2v) is 4.23. The van der Waals surface area contributed by atoms with E-state index in [0.29, 0.717) is 17.8 Å². The number of nitrogens with zero attached hydrogens (tertiary/aromatic N) is 3. The van der Waals surface area contributed by atoms with E-state index in [2.05, 4.69) is 15.1 Å². The molecule has 2 N–H and O–H groups in total. The van der Waals surface area contributed by atoms with Crippen LogP contribution in [0.4, 0.5) is 0 Å². The Morgan fingerprint density at radius 2 is 2.00 bits per heavy atom. The van der Waals surface area contributed by atoms with Gasteiger partial charge in [0.15, 0.2) is 17.3 Å². The molecule has 0 aliphatic carbocycles. The second-order valence-electron chi connectivity index (χ2n) is 4.23. The number of hydrogen-bond donors (Lipinski definition) is 2. The Morgan fingerprint density at radius 3 is 2.80 bits per heavy atom. The van der Waals surface area contributed by atoms with Crippen molar-refractivity contribution >= 4 is 0 Å². The maximum Gasteiger partial charge on any atom is 0.261 e. The Hall–Kier alpha value is -2.89. The molecule has 0 spiro atoms. The van der Waals surface area contributed by atoms with Crippen molar-refractivity contribution in [2.24, 2.45) is 0 Å². The van der Waals surface area contributed by atoms with Crippen molar-refractivity contribution in [3.05, 3.63) is 54.1 Å². The summed E-state index contributed by atoms with van der Waals surface area (Å²) in [4.78, 5) is 8.21. The summed E-state index contributed by atoms with van der Waals surface area (Å²) in [6.07, 6.45) is 3.90. The fourth-order valence-electron chi connectivity index (χ4n) is 1.82. The standard InChI is InChI=1S/C14H11N3O3/c18-11-5-1-4-10(13(11)19)14-16-12(17-20-14)7-9-3-2-6-15-8-9/h1-6,8,18-19H,7H2. The molecule has 1 aromatic carbocycles. The zero-order chi connectivity index (χ0) is 13.9. The first kappa shape index (κ1) is 12.2. The van der Waals surface area contributed by atoms with Crippen LogP contribution in [0.25, 0.3) is 11.5 Å². The highest BCUT2D eigenvalue weighted by Crippen LogP contribution is 2.35. The normalized spacial score (nSPS) is 10.6. The van der Waals surface area contributed by atoms with Gasteiger partial charge in [-0.1, -0.05) is 17.3 Å². The summed E-state index contributed by atoms with van der Waals surface area (Å²) in [7, 11) is 0. The maximum absolute atomic E-state index is 9.76. The van der Waals surface area contributed by atoms with Crippen molar-refractivity contribution in [3.8, 4) is 23.0 Å². The molecular formula is C14H11N3O3. The predicted molar refractivity (Wildman–Crippen MR) is 70.1 cm³/mol. The molecule has 0 unspecified atom stereocenters. The molecule has 2 aromatic heterocycles. The van der Waals surface area contributed by atoms with Gasteiger partial charge in [0, 0.05) is 18.8 Å². The lowest BCUT2D eigenvalue weighted by Crippen LogP contribution is -1.91. The Bertz CT molecular complexity index is 726. The molecule has 0 saturated heterocycles. The van der Waals surface area contributed by atoms with E-state index < -0.39 is 0 Å². The minimum atomic E-state index is -0.274. The third-order valence-electron chi connectivity index (χ3n) is 2.80. The van der Waals surface area contributed by atoms with Gasteiger partial charge >= 0.3 is 0 Å². The van der Waals surface area contributed by atoms with Crippen molar-refractivity contribution in [1.82, 2.24) is 15.1 Å². The van der Waals surface area contributed by atoms with Crippen LogP contribution in [0, 0.1) is 0 Å². The fraction of sp³-hybridized carbons (Fsp3) is 0.0714. The largest absolute Gasteiger partial charge is 0.504 e. The van der Waals surface area contributed by atoms with Gasteiger partial charge in [0.05, 0.1) is 5.56 Å². The third-order valence-corrected chi connectivity index (χ3v) is 2.80. The summed E-state index contributed by atoms with van der Waals surface area (Å²) in [6.45, 7) is 0. The highest BCUT2D eigenvalue weighted by molar-refractivity contribution is 5.66. The van der Waals surface area contributed by atoms with Crippen LogP contribution < -0.4 is 0 Å². The summed E-state index contributed by atoms with van der Waals surface area (Å²) in [5.74, 6) is 0.145. The van der Waals surface area contributed by atoms with E-state index in [1.807, 2.05) is 12.1 Å². The number of para-hydroxylation sites is 1. The number of hydrogen-bond acceptors (Lipinski definition) is 6. The van der Waals surface area contributed by atoms with E-state index in [4.69, 9.17) is 4.52 Å². The predicted octanol–water partition coefficient (Wildman–Crippen LogP) is 2.13. The van der Waals surface area contributed by atoms with Crippen molar-refractivity contribution in [2.45, 2.75) is 6.42 Å². The number of benzene rings is 1. The number of phenols is 2. The summed E-state index contributed by atoms with van der Waals surface area (Å²) in [6, 6.07) is 8.31. The van der Waals surface area contributed by atoms with E-state index in [-0.39, 0.29) is 17.4 Å². The Labute approximate surface area is 114 Å². The van der Waals surface area contributed by atoms with Gasteiger partial charge in [0.25, 0.3) is 5.89 Å². The van der Waals surface area contributed by atoms with Crippen LogP contribution in [-0.2, 0) is 6.42 Å². The highest BCUT2D eigenvalue weighted by Gasteiger charge is 2.15. The van der Waals surface area contributed by atoms with E-state index in [1.165, 1.54) is 6.07 Å². The molecule has 0 aliphatic rings. The minimum absolute atomic E-state index is 0.164. The molecule has 3 aromatic rings. The summed E-state index contributed by atoms with van der Waals surface area (Å²) < 4.78 is 5.11. The third kappa shape index (κ3) is 2.31. The average molecular weight is 269 g/mol. The van der Waals surface area contributed by atoms with Gasteiger partial charge in [0.1, 0.15) is 0 Å². The van der Waals surface area contributed by atoms with Crippen LogP contribution in [0.15, 0.2) is 47.2 Å². The zero-order valence-corrected chi connectivity index (χ0v) is 10.4. The number of rotatable bonds is 3. The van der Waals surface area contributed by atoms with Gasteiger partial charge in [0.2, 0.25) is 0 Å². The topological polar surface area (TPSA) is 92.3 Å². The van der Waals surface area contributed by atoms with Crippen molar-refractivity contribution < 1.29 is 14.7 Å². The van der Waals surface area contributed by atoms with Gasteiger partial charge in [-0.05, 0) is 23.8 Å². The number of pyridine rings is 1. The molecule has 2 heterocycles. The Morgan fingerprint density at radius 1 is 1.10 bits per heavy atom. The number of aromatic hydroxyl groups is 2. The molecule has 0 bridgehead atoms. The average Bonchev–Trinajstić information content (AvgIpc) is 2.91. The fourth-order valence-corrected chi connectivity index (χ4v) is 1.82. The molecule has 0 fully saturated rings. The molecule has 3 rings (SSSR count). The van der Waals surface area contributed by atoms with Gasteiger partial charge < -0.3 is 14.7 Å². The maximum atomic E-state index is 9.76. The first-order valence-electron chi connectivity index (χ1n) is 5.97. The first-order chi connectivity index (χ1) is 9.74. The molecule has 0 radical (unpaired) electrons. The van der Waals surface area contributed by atoms with Gasteiger partial charge in [-0.25, -0.2) is 0 Å². The molecule has 0 atom stereocenters. The van der Waals surface area contributed by atoms with Crippen LogP contribution in [0.3, 0.4) is 0 Å². The summed E-state index contributed by atoms with van der Waals surface area (Å²) in [5.41, 5.74) is 1.26. The van der Waals surface area contributed by atoms with Gasteiger partial charge in [-0.15, -0.1) is 0 Å². The second kappa shape index (κ2) is 5.00. The molecule has 6 heteroatoms. The number of aromatic nitrogens is 3. The molecule has 0 saturated carbocycles. The van der Waals surface area contributed by atoms with E-state index in [9.17, 15) is 10.2 Å². The quantitative estimate of drug-likeness (QED) is 0.708. The van der Waals surface area contributed by atoms with Gasteiger partial charge in [-0.2, -0.15) is 4.98 Å².